The second kappa shape index (κ2) is 7.40. The molecule has 29 heavy (non-hydrogen) atoms. The molecule has 2 aliphatic heterocycles. The summed E-state index contributed by atoms with van der Waals surface area (Å²) in [5.41, 5.74) is -0.0469. The van der Waals surface area contributed by atoms with E-state index in [9.17, 15) is 26.7 Å². The SMILES string of the molecule is O=C1C[C@H]2[C@H](CCN2Cc2cccc(C(F)(F)F)c2)N1Cc1cccc(F)c1F. The number of fused-ring (bicyclic) bond motifs is 1. The van der Waals surface area contributed by atoms with E-state index in [4.69, 9.17) is 0 Å². The number of rotatable bonds is 4. The summed E-state index contributed by atoms with van der Waals surface area (Å²) in [6, 6.07) is 8.76. The molecule has 3 nitrogen and oxygen atoms in total. The predicted molar refractivity (Wildman–Crippen MR) is 95.6 cm³/mol. The summed E-state index contributed by atoms with van der Waals surface area (Å²) in [5, 5.41) is 0. The molecule has 2 fully saturated rings. The molecule has 2 heterocycles. The summed E-state index contributed by atoms with van der Waals surface area (Å²) < 4.78 is 66.3. The van der Waals surface area contributed by atoms with Crippen LogP contribution in [-0.4, -0.2) is 34.3 Å². The summed E-state index contributed by atoms with van der Waals surface area (Å²) >= 11 is 0. The third kappa shape index (κ3) is 3.85. The van der Waals surface area contributed by atoms with Crippen molar-refractivity contribution in [2.45, 2.75) is 44.2 Å². The molecule has 0 saturated carbocycles. The predicted octanol–water partition coefficient (Wildman–Crippen LogP) is 4.36. The van der Waals surface area contributed by atoms with E-state index < -0.39 is 23.4 Å². The van der Waals surface area contributed by atoms with Crippen LogP contribution in [0.15, 0.2) is 42.5 Å². The summed E-state index contributed by atoms with van der Waals surface area (Å²) in [4.78, 5) is 16.1. The Kier molecular flexibility index (Phi) is 5.06. The first kappa shape index (κ1) is 19.8. The van der Waals surface area contributed by atoms with Crippen LogP contribution >= 0.6 is 0 Å². The van der Waals surface area contributed by atoms with Gasteiger partial charge in [-0.15, -0.1) is 0 Å². The number of halogens is 5. The van der Waals surface area contributed by atoms with Crippen LogP contribution in [0.5, 0.6) is 0 Å². The van der Waals surface area contributed by atoms with Crippen LogP contribution in [-0.2, 0) is 24.1 Å². The number of benzene rings is 2. The molecule has 2 saturated heterocycles. The lowest BCUT2D eigenvalue weighted by Crippen LogP contribution is -2.37. The topological polar surface area (TPSA) is 23.6 Å². The highest BCUT2D eigenvalue weighted by Crippen LogP contribution is 2.35. The Bertz CT molecular complexity index is 930. The minimum Gasteiger partial charge on any atom is -0.334 e. The lowest BCUT2D eigenvalue weighted by atomic mass is 10.1. The van der Waals surface area contributed by atoms with Gasteiger partial charge in [0, 0.05) is 43.7 Å². The first-order valence-corrected chi connectivity index (χ1v) is 9.36. The number of carbonyl (C=O) groups is 1. The van der Waals surface area contributed by atoms with Crippen LogP contribution in [0.25, 0.3) is 0 Å². The second-order valence-corrected chi connectivity index (χ2v) is 7.53. The molecule has 2 aromatic carbocycles. The smallest absolute Gasteiger partial charge is 0.334 e. The van der Waals surface area contributed by atoms with Gasteiger partial charge in [0.1, 0.15) is 0 Å². The van der Waals surface area contributed by atoms with Crippen LogP contribution in [0.1, 0.15) is 29.5 Å². The number of alkyl halides is 3. The Labute approximate surface area is 164 Å². The first-order chi connectivity index (χ1) is 13.7. The number of carbonyl (C=O) groups excluding carboxylic acids is 1. The molecular formula is C21H19F5N2O. The summed E-state index contributed by atoms with van der Waals surface area (Å²) in [5.74, 6) is -2.07. The first-order valence-electron chi connectivity index (χ1n) is 9.36. The molecule has 0 aromatic heterocycles. The number of nitrogens with zero attached hydrogens (tertiary/aromatic N) is 2. The van der Waals surface area contributed by atoms with Gasteiger partial charge in [0.2, 0.25) is 5.91 Å². The van der Waals surface area contributed by atoms with Gasteiger partial charge in [-0.3, -0.25) is 9.69 Å². The maximum absolute atomic E-state index is 14.0. The van der Waals surface area contributed by atoms with E-state index >= 15 is 0 Å². The van der Waals surface area contributed by atoms with Gasteiger partial charge >= 0.3 is 6.18 Å². The van der Waals surface area contributed by atoms with Crippen LogP contribution in [0.3, 0.4) is 0 Å². The molecule has 8 heteroatoms. The van der Waals surface area contributed by atoms with Gasteiger partial charge < -0.3 is 4.90 Å². The van der Waals surface area contributed by atoms with E-state index in [0.717, 1.165) is 18.2 Å². The van der Waals surface area contributed by atoms with Crippen LogP contribution in [0.4, 0.5) is 22.0 Å². The molecule has 154 valence electrons. The Morgan fingerprint density at radius 1 is 1.00 bits per heavy atom. The van der Waals surface area contributed by atoms with Crippen molar-refractivity contribution < 1.29 is 26.7 Å². The van der Waals surface area contributed by atoms with Gasteiger partial charge in [-0.05, 0) is 24.1 Å². The molecule has 2 aliphatic rings. The highest BCUT2D eigenvalue weighted by Gasteiger charge is 2.46. The Morgan fingerprint density at radius 3 is 2.52 bits per heavy atom. The molecule has 0 N–H and O–H groups in total. The monoisotopic (exact) mass is 410 g/mol. The van der Waals surface area contributed by atoms with Crippen molar-refractivity contribution in [1.82, 2.24) is 9.80 Å². The van der Waals surface area contributed by atoms with Crippen LogP contribution in [0.2, 0.25) is 0 Å². The lowest BCUT2D eigenvalue weighted by molar-refractivity contribution is -0.137. The lowest BCUT2D eigenvalue weighted by Gasteiger charge is -2.26. The third-order valence-corrected chi connectivity index (χ3v) is 5.74. The fourth-order valence-electron chi connectivity index (χ4n) is 4.35. The minimum atomic E-state index is -4.40. The van der Waals surface area contributed by atoms with Gasteiger partial charge in [0.05, 0.1) is 5.56 Å². The van der Waals surface area contributed by atoms with E-state index in [0.29, 0.717) is 25.1 Å². The maximum Gasteiger partial charge on any atom is 0.416 e. The van der Waals surface area contributed by atoms with Crippen LogP contribution in [0, 0.1) is 11.6 Å². The number of hydrogen-bond acceptors (Lipinski definition) is 2. The molecule has 0 spiro atoms. The quantitative estimate of drug-likeness (QED) is 0.700. The van der Waals surface area contributed by atoms with Crippen molar-refractivity contribution >= 4 is 5.91 Å². The molecule has 0 bridgehead atoms. The summed E-state index contributed by atoms with van der Waals surface area (Å²) in [6.45, 7) is 0.919. The van der Waals surface area contributed by atoms with Gasteiger partial charge in [0.15, 0.2) is 11.6 Å². The fourth-order valence-corrected chi connectivity index (χ4v) is 4.35. The Morgan fingerprint density at radius 2 is 1.76 bits per heavy atom. The van der Waals surface area contributed by atoms with Crippen molar-refractivity contribution in [2.24, 2.45) is 0 Å². The van der Waals surface area contributed by atoms with Crippen molar-refractivity contribution in [3.8, 4) is 0 Å². The highest BCUT2D eigenvalue weighted by molar-refractivity contribution is 5.80. The summed E-state index contributed by atoms with van der Waals surface area (Å²) in [6.07, 6.45) is -3.54. The maximum atomic E-state index is 14.0. The molecule has 2 atom stereocenters. The van der Waals surface area contributed by atoms with E-state index in [1.54, 1.807) is 11.0 Å². The zero-order valence-corrected chi connectivity index (χ0v) is 15.4. The molecule has 0 unspecified atom stereocenters. The normalized spacial score (nSPS) is 22.4. The second-order valence-electron chi connectivity index (χ2n) is 7.53. The highest BCUT2D eigenvalue weighted by atomic mass is 19.4. The number of likely N-dealkylation sites (tertiary alicyclic amines) is 2. The average Bonchev–Trinajstić information content (AvgIpc) is 3.18. The minimum absolute atomic E-state index is 0.0129. The van der Waals surface area contributed by atoms with Gasteiger partial charge in [0.25, 0.3) is 0 Å². The summed E-state index contributed by atoms with van der Waals surface area (Å²) in [7, 11) is 0. The Hall–Kier alpha value is -2.48. The van der Waals surface area contributed by atoms with E-state index in [1.807, 2.05) is 4.90 Å². The molecule has 0 radical (unpaired) electrons. The van der Waals surface area contributed by atoms with Crippen molar-refractivity contribution in [1.29, 1.82) is 0 Å². The molecule has 1 amide bonds. The molecule has 4 rings (SSSR count). The zero-order chi connectivity index (χ0) is 20.8. The van der Waals surface area contributed by atoms with E-state index in [2.05, 4.69) is 0 Å². The number of amides is 1. The zero-order valence-electron chi connectivity index (χ0n) is 15.4. The van der Waals surface area contributed by atoms with Crippen molar-refractivity contribution in [3.05, 3.63) is 70.8 Å². The number of hydrogen-bond donors (Lipinski definition) is 0. The van der Waals surface area contributed by atoms with Crippen molar-refractivity contribution in [2.75, 3.05) is 6.54 Å². The molecule has 2 aromatic rings. The van der Waals surface area contributed by atoms with Gasteiger partial charge in [-0.25, -0.2) is 8.78 Å². The van der Waals surface area contributed by atoms with Crippen LogP contribution < -0.4 is 0 Å². The molecule has 0 aliphatic carbocycles. The average molecular weight is 410 g/mol. The largest absolute Gasteiger partial charge is 0.416 e. The fraction of sp³-hybridized carbons (Fsp3) is 0.381. The van der Waals surface area contributed by atoms with Crippen molar-refractivity contribution in [3.63, 3.8) is 0 Å². The third-order valence-electron chi connectivity index (χ3n) is 5.74. The van der Waals surface area contributed by atoms with Gasteiger partial charge in [-0.1, -0.05) is 30.3 Å². The van der Waals surface area contributed by atoms with Gasteiger partial charge in [-0.2, -0.15) is 13.2 Å². The van der Waals surface area contributed by atoms with E-state index in [1.165, 1.54) is 18.2 Å². The molecular weight excluding hydrogens is 391 g/mol. The Balaban J connectivity index is 1.48. The standard InChI is InChI=1S/C21H19F5N2O/c22-16-6-2-4-14(20(16)23)12-28-17-7-8-27(18(17)10-19(28)29)11-13-3-1-5-15(9-13)21(24,25)26/h1-6,9,17-18H,7-8,10-12H2/t17-,18-/m0/s1. The van der Waals surface area contributed by atoms with E-state index in [-0.39, 0.29) is 36.5 Å².